The molecule has 0 aliphatic rings. The summed E-state index contributed by atoms with van der Waals surface area (Å²) in [7, 11) is 1.66. The van der Waals surface area contributed by atoms with Crippen LogP contribution >= 0.6 is 0 Å². The molecule has 1 heterocycles. The van der Waals surface area contributed by atoms with E-state index in [-0.39, 0.29) is 6.61 Å². The molecule has 0 unspecified atom stereocenters. The lowest BCUT2D eigenvalue weighted by atomic mass is 10.1. The molecule has 1 aromatic carbocycles. The van der Waals surface area contributed by atoms with Crippen LogP contribution in [0.15, 0.2) is 24.3 Å². The molecule has 1 N–H and O–H groups in total. The van der Waals surface area contributed by atoms with Crippen LogP contribution in [0.2, 0.25) is 0 Å². The van der Waals surface area contributed by atoms with E-state index in [9.17, 15) is 5.11 Å². The van der Waals surface area contributed by atoms with E-state index in [4.69, 9.17) is 4.74 Å². The molecule has 0 fully saturated rings. The lowest BCUT2D eigenvalue weighted by molar-refractivity contribution is 0.267. The molecular formula is C17H25N3O2. The second kappa shape index (κ2) is 7.94. The van der Waals surface area contributed by atoms with Crippen molar-refractivity contribution in [2.24, 2.45) is 5.92 Å². The largest absolute Gasteiger partial charge is 0.497 e. The molecule has 2 aromatic rings. The van der Waals surface area contributed by atoms with Gasteiger partial charge in [0.2, 0.25) is 0 Å². The maximum absolute atomic E-state index is 9.22. The molecule has 0 aliphatic carbocycles. The van der Waals surface area contributed by atoms with Crippen molar-refractivity contribution in [1.82, 2.24) is 14.8 Å². The van der Waals surface area contributed by atoms with Crippen LogP contribution in [0.1, 0.15) is 37.5 Å². The van der Waals surface area contributed by atoms with E-state index in [1.165, 1.54) is 0 Å². The van der Waals surface area contributed by atoms with E-state index in [0.29, 0.717) is 18.9 Å². The number of aliphatic hydroxyl groups is 1. The minimum absolute atomic E-state index is 0.0667. The van der Waals surface area contributed by atoms with E-state index in [2.05, 4.69) is 30.0 Å². The quantitative estimate of drug-likeness (QED) is 0.814. The zero-order valence-electron chi connectivity index (χ0n) is 13.6. The van der Waals surface area contributed by atoms with Gasteiger partial charge in [-0.25, -0.2) is 9.67 Å². The first kappa shape index (κ1) is 16.5. The van der Waals surface area contributed by atoms with E-state index in [1.54, 1.807) is 7.11 Å². The van der Waals surface area contributed by atoms with Crippen molar-refractivity contribution in [2.45, 2.75) is 39.7 Å². The minimum Gasteiger partial charge on any atom is -0.497 e. The normalized spacial score (nSPS) is 12.4. The Morgan fingerprint density at radius 1 is 1.36 bits per heavy atom. The molecule has 1 atom stereocenters. The fourth-order valence-corrected chi connectivity index (χ4v) is 2.34. The van der Waals surface area contributed by atoms with Gasteiger partial charge in [-0.15, -0.1) is 0 Å². The summed E-state index contributed by atoms with van der Waals surface area (Å²) in [4.78, 5) is 4.67. The van der Waals surface area contributed by atoms with Crippen LogP contribution < -0.4 is 4.74 Å². The molecule has 0 spiro atoms. The second-order valence-electron chi connectivity index (χ2n) is 5.64. The average Bonchev–Trinajstić information content (AvgIpc) is 2.89. The van der Waals surface area contributed by atoms with Gasteiger partial charge in [-0.05, 0) is 23.6 Å². The Morgan fingerprint density at radius 3 is 2.86 bits per heavy atom. The Balaban J connectivity index is 2.20. The van der Waals surface area contributed by atoms with Crippen molar-refractivity contribution in [3.63, 3.8) is 0 Å². The van der Waals surface area contributed by atoms with Crippen LogP contribution in [-0.4, -0.2) is 33.6 Å². The van der Waals surface area contributed by atoms with Gasteiger partial charge in [-0.3, -0.25) is 0 Å². The van der Waals surface area contributed by atoms with Gasteiger partial charge in [0.05, 0.1) is 20.3 Å². The van der Waals surface area contributed by atoms with Crippen molar-refractivity contribution >= 4 is 0 Å². The van der Waals surface area contributed by atoms with Crippen molar-refractivity contribution in [2.75, 3.05) is 13.7 Å². The fourth-order valence-electron chi connectivity index (χ4n) is 2.34. The molecule has 2 rings (SSSR count). The van der Waals surface area contributed by atoms with Gasteiger partial charge in [0.25, 0.3) is 0 Å². The SMILES string of the molecule is CC[C@H](C)Cc1nc(Cc2cccc(OC)c2)n(CCO)n1. The summed E-state index contributed by atoms with van der Waals surface area (Å²) in [5, 5.41) is 13.8. The molecule has 0 bridgehead atoms. The lowest BCUT2D eigenvalue weighted by Crippen LogP contribution is -2.09. The molecule has 0 aliphatic heterocycles. The topological polar surface area (TPSA) is 60.2 Å². The molecular weight excluding hydrogens is 278 g/mol. The second-order valence-corrected chi connectivity index (χ2v) is 5.64. The molecule has 22 heavy (non-hydrogen) atoms. The number of methoxy groups -OCH3 is 1. The molecule has 0 radical (unpaired) electrons. The van der Waals surface area contributed by atoms with Crippen molar-refractivity contribution in [1.29, 1.82) is 0 Å². The minimum atomic E-state index is 0.0667. The Labute approximate surface area is 132 Å². The van der Waals surface area contributed by atoms with E-state index < -0.39 is 0 Å². The summed E-state index contributed by atoms with van der Waals surface area (Å²) >= 11 is 0. The van der Waals surface area contributed by atoms with Crippen LogP contribution in [0.25, 0.3) is 0 Å². The monoisotopic (exact) mass is 303 g/mol. The number of rotatable bonds is 8. The van der Waals surface area contributed by atoms with Gasteiger partial charge >= 0.3 is 0 Å². The first-order valence-electron chi connectivity index (χ1n) is 7.82. The summed E-state index contributed by atoms with van der Waals surface area (Å²) in [5.41, 5.74) is 1.13. The first-order chi connectivity index (χ1) is 10.7. The van der Waals surface area contributed by atoms with Gasteiger partial charge in [0.1, 0.15) is 11.6 Å². The summed E-state index contributed by atoms with van der Waals surface area (Å²) in [6.07, 6.45) is 2.67. The molecule has 1 aromatic heterocycles. The van der Waals surface area contributed by atoms with Crippen molar-refractivity contribution < 1.29 is 9.84 Å². The van der Waals surface area contributed by atoms with Crippen LogP contribution in [0, 0.1) is 5.92 Å². The third kappa shape index (κ3) is 4.31. The van der Waals surface area contributed by atoms with Crippen LogP contribution in [0.3, 0.4) is 0 Å². The number of aromatic nitrogens is 3. The Morgan fingerprint density at radius 2 is 2.18 bits per heavy atom. The fraction of sp³-hybridized carbons (Fsp3) is 0.529. The third-order valence-electron chi connectivity index (χ3n) is 3.83. The van der Waals surface area contributed by atoms with Gasteiger partial charge in [0, 0.05) is 12.8 Å². The predicted molar refractivity (Wildman–Crippen MR) is 86.1 cm³/mol. The number of nitrogens with zero attached hydrogens (tertiary/aromatic N) is 3. The number of ether oxygens (including phenoxy) is 1. The average molecular weight is 303 g/mol. The standard InChI is InChI=1S/C17H25N3O2/c1-4-13(2)10-16-18-17(20(19-16)8-9-21)12-14-6-5-7-15(11-14)22-3/h5-7,11,13,21H,4,8-10,12H2,1-3H3/t13-/m0/s1. The zero-order valence-corrected chi connectivity index (χ0v) is 13.6. The van der Waals surface area contributed by atoms with Crippen LogP contribution in [0.4, 0.5) is 0 Å². The Hall–Kier alpha value is -1.88. The van der Waals surface area contributed by atoms with E-state index in [0.717, 1.165) is 35.8 Å². The van der Waals surface area contributed by atoms with Gasteiger partial charge in [-0.1, -0.05) is 32.4 Å². The number of benzene rings is 1. The number of hydrogen-bond acceptors (Lipinski definition) is 4. The van der Waals surface area contributed by atoms with Gasteiger partial charge in [-0.2, -0.15) is 5.10 Å². The van der Waals surface area contributed by atoms with Crippen molar-refractivity contribution in [3.8, 4) is 5.75 Å². The van der Waals surface area contributed by atoms with Crippen LogP contribution in [0.5, 0.6) is 5.75 Å². The smallest absolute Gasteiger partial charge is 0.151 e. The highest BCUT2D eigenvalue weighted by Crippen LogP contribution is 2.16. The third-order valence-corrected chi connectivity index (χ3v) is 3.83. The summed E-state index contributed by atoms with van der Waals surface area (Å²) in [6, 6.07) is 7.96. The van der Waals surface area contributed by atoms with Gasteiger partial charge < -0.3 is 9.84 Å². The summed E-state index contributed by atoms with van der Waals surface area (Å²) in [5.74, 6) is 3.15. The Kier molecular flexibility index (Phi) is 5.95. The maximum Gasteiger partial charge on any atom is 0.151 e. The van der Waals surface area contributed by atoms with E-state index in [1.807, 2.05) is 22.9 Å². The molecule has 0 amide bonds. The van der Waals surface area contributed by atoms with Crippen molar-refractivity contribution in [3.05, 3.63) is 41.5 Å². The summed E-state index contributed by atoms with van der Waals surface area (Å²) < 4.78 is 7.08. The predicted octanol–water partition coefficient (Wildman–Crippen LogP) is 2.46. The molecule has 120 valence electrons. The maximum atomic E-state index is 9.22. The van der Waals surface area contributed by atoms with Crippen LogP contribution in [-0.2, 0) is 19.4 Å². The number of aliphatic hydroxyl groups excluding tert-OH is 1. The first-order valence-corrected chi connectivity index (χ1v) is 7.82. The highest BCUT2D eigenvalue weighted by atomic mass is 16.5. The Bertz CT molecular complexity index is 595. The number of hydrogen-bond donors (Lipinski definition) is 1. The molecule has 5 nitrogen and oxygen atoms in total. The van der Waals surface area contributed by atoms with Gasteiger partial charge in [0.15, 0.2) is 5.82 Å². The molecule has 0 saturated carbocycles. The lowest BCUT2D eigenvalue weighted by Gasteiger charge is -2.05. The molecule has 0 saturated heterocycles. The summed E-state index contributed by atoms with van der Waals surface area (Å²) in [6.45, 7) is 4.92. The highest BCUT2D eigenvalue weighted by Gasteiger charge is 2.12. The zero-order chi connectivity index (χ0) is 15.9. The van der Waals surface area contributed by atoms with E-state index >= 15 is 0 Å². The highest BCUT2D eigenvalue weighted by molar-refractivity contribution is 5.30. The molecule has 5 heteroatoms.